The fourth-order valence-corrected chi connectivity index (χ4v) is 3.41. The summed E-state index contributed by atoms with van der Waals surface area (Å²) < 4.78 is 5.82. The summed E-state index contributed by atoms with van der Waals surface area (Å²) >= 11 is 4.60. The maximum absolute atomic E-state index is 12.1. The Morgan fingerprint density at radius 3 is 2.80 bits per heavy atom. The van der Waals surface area contributed by atoms with Gasteiger partial charge in [-0.05, 0) is 34.8 Å². The lowest BCUT2D eigenvalue weighted by molar-refractivity contribution is -0.143. The van der Waals surface area contributed by atoms with Crippen molar-refractivity contribution in [1.82, 2.24) is 4.90 Å². The molecule has 20 heavy (non-hydrogen) atoms. The number of carboxylic acid groups (broad SMARTS) is 1. The van der Waals surface area contributed by atoms with E-state index in [-0.39, 0.29) is 12.6 Å². The van der Waals surface area contributed by atoms with Crippen LogP contribution in [0.2, 0.25) is 0 Å². The lowest BCUT2D eigenvalue weighted by Gasteiger charge is -2.27. The molecule has 1 aromatic heterocycles. The molecule has 0 radical (unpaired) electrons. The van der Waals surface area contributed by atoms with Gasteiger partial charge in [0, 0.05) is 20.8 Å². The van der Waals surface area contributed by atoms with Crippen molar-refractivity contribution < 1.29 is 19.4 Å². The Bertz CT molecular complexity index is 526. The van der Waals surface area contributed by atoms with Gasteiger partial charge in [-0.2, -0.15) is 0 Å². The highest BCUT2D eigenvalue weighted by Gasteiger charge is 2.43. The molecule has 1 N–H and O–H groups in total. The van der Waals surface area contributed by atoms with E-state index in [1.54, 1.807) is 11.4 Å². The molecule has 1 heterocycles. The van der Waals surface area contributed by atoms with Crippen LogP contribution in [0.25, 0.3) is 0 Å². The Morgan fingerprint density at radius 2 is 2.35 bits per heavy atom. The van der Waals surface area contributed by atoms with Gasteiger partial charge in [0.15, 0.2) is 6.04 Å². The number of amides is 1. The van der Waals surface area contributed by atoms with Gasteiger partial charge in [-0.3, -0.25) is 4.90 Å². The second-order valence-electron chi connectivity index (χ2n) is 4.41. The topological polar surface area (TPSA) is 66.8 Å². The number of nitrogens with zero attached hydrogens (tertiary/aromatic N) is 1. The smallest absolute Gasteiger partial charge is 0.411 e. The minimum Gasteiger partial charge on any atom is -0.479 e. The first kappa shape index (κ1) is 15.1. The molecule has 1 aromatic rings. The van der Waals surface area contributed by atoms with Crippen LogP contribution in [0.4, 0.5) is 4.79 Å². The second kappa shape index (κ2) is 6.41. The summed E-state index contributed by atoms with van der Waals surface area (Å²) in [6.07, 6.45) is 2.46. The van der Waals surface area contributed by atoms with E-state index < -0.39 is 18.1 Å². The quantitative estimate of drug-likeness (QED) is 0.790. The van der Waals surface area contributed by atoms with Gasteiger partial charge in [-0.25, -0.2) is 9.59 Å². The highest BCUT2D eigenvalue weighted by Crippen LogP contribution is 2.38. The predicted molar refractivity (Wildman–Crippen MR) is 78.8 cm³/mol. The molecule has 1 aliphatic rings. The van der Waals surface area contributed by atoms with E-state index in [1.165, 1.54) is 22.3 Å². The van der Waals surface area contributed by atoms with Gasteiger partial charge >= 0.3 is 12.1 Å². The standard InChI is InChI=1S/C13H14BrNO4S/c1-2-5-19-13(18)15(9-3-4-9)11(12(16)17)10-6-8(14)7-20-10/h2,6-7,9,11H,1,3-5H2,(H,16,17). The lowest BCUT2D eigenvalue weighted by Crippen LogP contribution is -2.40. The Hall–Kier alpha value is -1.34. The van der Waals surface area contributed by atoms with Gasteiger partial charge < -0.3 is 9.84 Å². The zero-order chi connectivity index (χ0) is 14.7. The van der Waals surface area contributed by atoms with Crippen LogP contribution in [0.15, 0.2) is 28.6 Å². The highest BCUT2D eigenvalue weighted by atomic mass is 79.9. The number of carbonyl (C=O) groups excluding carboxylic acids is 1. The number of aliphatic carboxylic acids is 1. The molecule has 0 bridgehead atoms. The first-order valence-electron chi connectivity index (χ1n) is 6.07. The number of rotatable bonds is 6. The van der Waals surface area contributed by atoms with Crippen molar-refractivity contribution in [3.05, 3.63) is 33.5 Å². The molecule has 0 spiro atoms. The number of carbonyl (C=O) groups is 2. The number of carboxylic acids is 1. The average molecular weight is 360 g/mol. The third-order valence-corrected chi connectivity index (χ3v) is 4.59. The maximum atomic E-state index is 12.1. The van der Waals surface area contributed by atoms with Crippen LogP contribution in [-0.2, 0) is 9.53 Å². The predicted octanol–water partition coefficient (Wildman–Crippen LogP) is 3.42. The van der Waals surface area contributed by atoms with Gasteiger partial charge in [0.25, 0.3) is 0 Å². The van der Waals surface area contributed by atoms with Gasteiger partial charge in [0.2, 0.25) is 0 Å². The number of hydrogen-bond acceptors (Lipinski definition) is 4. The summed E-state index contributed by atoms with van der Waals surface area (Å²) in [4.78, 5) is 25.6. The van der Waals surface area contributed by atoms with Crippen LogP contribution in [0, 0.1) is 0 Å². The normalized spacial score (nSPS) is 15.4. The number of thiophene rings is 1. The summed E-state index contributed by atoms with van der Waals surface area (Å²) in [5.41, 5.74) is 0. The third-order valence-electron chi connectivity index (χ3n) is 2.85. The Labute approximate surface area is 129 Å². The van der Waals surface area contributed by atoms with Crippen LogP contribution < -0.4 is 0 Å². The molecule has 0 aliphatic heterocycles. The number of ether oxygens (including phenoxy) is 1. The lowest BCUT2D eigenvalue weighted by atomic mass is 10.2. The average Bonchev–Trinajstić information content (AvgIpc) is 3.14. The second-order valence-corrected chi connectivity index (χ2v) is 6.27. The van der Waals surface area contributed by atoms with Crippen molar-refractivity contribution in [1.29, 1.82) is 0 Å². The monoisotopic (exact) mass is 359 g/mol. The van der Waals surface area contributed by atoms with Gasteiger partial charge in [0.1, 0.15) is 6.61 Å². The number of hydrogen-bond donors (Lipinski definition) is 1. The zero-order valence-corrected chi connectivity index (χ0v) is 13.0. The molecule has 1 amide bonds. The molecular weight excluding hydrogens is 346 g/mol. The van der Waals surface area contributed by atoms with Gasteiger partial charge in [0.05, 0.1) is 0 Å². The van der Waals surface area contributed by atoms with E-state index >= 15 is 0 Å². The first-order valence-corrected chi connectivity index (χ1v) is 7.74. The molecule has 1 aliphatic carbocycles. The van der Waals surface area contributed by atoms with Crippen molar-refractivity contribution in [2.75, 3.05) is 6.61 Å². The van der Waals surface area contributed by atoms with E-state index in [1.807, 2.05) is 0 Å². The van der Waals surface area contributed by atoms with Crippen LogP contribution in [0.5, 0.6) is 0 Å². The molecule has 7 heteroatoms. The molecular formula is C13H14BrNO4S. The van der Waals surface area contributed by atoms with Gasteiger partial charge in [-0.1, -0.05) is 12.7 Å². The summed E-state index contributed by atoms with van der Waals surface area (Å²) in [6.45, 7) is 3.55. The Kier molecular flexibility index (Phi) is 4.82. The minimum atomic E-state index is -1.05. The molecule has 1 atom stereocenters. The van der Waals surface area contributed by atoms with E-state index in [0.717, 1.165) is 17.3 Å². The van der Waals surface area contributed by atoms with Crippen LogP contribution >= 0.6 is 27.3 Å². The molecule has 0 saturated heterocycles. The molecule has 1 saturated carbocycles. The Morgan fingerprint density at radius 1 is 1.65 bits per heavy atom. The number of halogens is 1. The van der Waals surface area contributed by atoms with Crippen molar-refractivity contribution >= 4 is 39.3 Å². The molecule has 2 rings (SSSR count). The SMILES string of the molecule is C=CCOC(=O)N(C1CC1)C(C(=O)O)c1cc(Br)cs1. The fourth-order valence-electron chi connectivity index (χ4n) is 1.87. The largest absolute Gasteiger partial charge is 0.479 e. The summed E-state index contributed by atoms with van der Waals surface area (Å²) in [5, 5.41) is 11.3. The van der Waals surface area contributed by atoms with E-state index in [4.69, 9.17) is 4.74 Å². The third kappa shape index (κ3) is 3.40. The van der Waals surface area contributed by atoms with Crippen molar-refractivity contribution in [3.63, 3.8) is 0 Å². The minimum absolute atomic E-state index is 0.0608. The fraction of sp³-hybridized carbons (Fsp3) is 0.385. The van der Waals surface area contributed by atoms with Crippen LogP contribution in [-0.4, -0.2) is 34.7 Å². The summed E-state index contributed by atoms with van der Waals surface area (Å²) in [6, 6.07) is 0.657. The van der Waals surface area contributed by atoms with E-state index in [2.05, 4.69) is 22.5 Å². The summed E-state index contributed by atoms with van der Waals surface area (Å²) in [5.74, 6) is -1.05. The highest BCUT2D eigenvalue weighted by molar-refractivity contribution is 9.10. The van der Waals surface area contributed by atoms with Crippen molar-refractivity contribution in [2.45, 2.75) is 24.9 Å². The zero-order valence-electron chi connectivity index (χ0n) is 10.6. The van der Waals surface area contributed by atoms with E-state index in [0.29, 0.717) is 4.88 Å². The van der Waals surface area contributed by atoms with Crippen molar-refractivity contribution in [2.24, 2.45) is 0 Å². The van der Waals surface area contributed by atoms with E-state index in [9.17, 15) is 14.7 Å². The van der Waals surface area contributed by atoms with Crippen LogP contribution in [0.1, 0.15) is 23.8 Å². The first-order chi connectivity index (χ1) is 9.54. The Balaban J connectivity index is 2.26. The summed E-state index contributed by atoms with van der Waals surface area (Å²) in [7, 11) is 0. The van der Waals surface area contributed by atoms with Crippen molar-refractivity contribution in [3.8, 4) is 0 Å². The van der Waals surface area contributed by atoms with Gasteiger partial charge in [-0.15, -0.1) is 11.3 Å². The molecule has 1 fully saturated rings. The molecule has 5 nitrogen and oxygen atoms in total. The molecule has 1 unspecified atom stereocenters. The molecule has 108 valence electrons. The molecule has 0 aromatic carbocycles. The van der Waals surface area contributed by atoms with Crippen LogP contribution in [0.3, 0.4) is 0 Å². The maximum Gasteiger partial charge on any atom is 0.411 e.